The number of nitrogens with one attached hydrogen (secondary N) is 2. The quantitative estimate of drug-likeness (QED) is 0.634. The highest BCUT2D eigenvalue weighted by atomic mass is 32.2. The molecule has 1 amide bonds. The summed E-state index contributed by atoms with van der Waals surface area (Å²) in [6, 6.07) is 9.22. The van der Waals surface area contributed by atoms with Crippen molar-refractivity contribution >= 4 is 23.4 Å². The van der Waals surface area contributed by atoms with Crippen LogP contribution < -0.4 is 10.9 Å². The van der Waals surface area contributed by atoms with E-state index in [1.807, 2.05) is 24.3 Å². The molecule has 2 N–H and O–H groups in total. The maximum Gasteiger partial charge on any atom is 0.251 e. The number of thioether (sulfide) groups is 1. The molecule has 0 aliphatic rings. The Morgan fingerprint density at radius 1 is 1.32 bits per heavy atom. The number of nitrogens with zero attached hydrogens (tertiary/aromatic N) is 1. The third-order valence-corrected chi connectivity index (χ3v) is 4.25. The fourth-order valence-corrected chi connectivity index (χ4v) is 2.54. The number of aromatic nitrogens is 2. The normalized spacial score (nSPS) is 11.9. The molecular formula is C16H19N3O2S. The standard InChI is InChI=1S/C16H19N3O2S/c1-3-11(2)12-4-6-13(7-5-12)18-15(21)10-22-16-17-9-8-14(20)19-16/h4-9,11H,3,10H2,1-2H3,(H,18,21)(H,17,19,20)/t11-/m0/s1. The predicted molar refractivity (Wildman–Crippen MR) is 89.4 cm³/mol. The topological polar surface area (TPSA) is 74.8 Å². The number of hydrogen-bond donors (Lipinski definition) is 2. The molecule has 5 nitrogen and oxygen atoms in total. The average molecular weight is 317 g/mol. The summed E-state index contributed by atoms with van der Waals surface area (Å²) in [5, 5.41) is 3.27. The SMILES string of the molecule is CC[C@H](C)c1ccc(NC(=O)CSc2nccc(=O)[nH]2)cc1. The fourth-order valence-electron chi connectivity index (χ4n) is 1.89. The highest BCUT2D eigenvalue weighted by Gasteiger charge is 2.06. The Labute approximate surface area is 133 Å². The first-order chi connectivity index (χ1) is 10.6. The van der Waals surface area contributed by atoms with Crippen LogP contribution in [-0.4, -0.2) is 21.6 Å². The minimum absolute atomic E-state index is 0.132. The second-order valence-electron chi connectivity index (χ2n) is 5.01. The van der Waals surface area contributed by atoms with E-state index in [1.165, 1.54) is 29.6 Å². The Bertz CT molecular complexity index is 682. The molecule has 0 aliphatic carbocycles. The number of benzene rings is 1. The van der Waals surface area contributed by atoms with Crippen LogP contribution >= 0.6 is 11.8 Å². The van der Waals surface area contributed by atoms with E-state index < -0.39 is 0 Å². The summed E-state index contributed by atoms with van der Waals surface area (Å²) in [5.74, 6) is 0.578. The lowest BCUT2D eigenvalue weighted by Gasteiger charge is -2.10. The number of anilines is 1. The number of H-pyrrole nitrogens is 1. The molecule has 1 aromatic heterocycles. The Morgan fingerprint density at radius 3 is 2.68 bits per heavy atom. The Balaban J connectivity index is 1.88. The lowest BCUT2D eigenvalue weighted by molar-refractivity contribution is -0.113. The molecule has 0 saturated carbocycles. The molecule has 1 aromatic carbocycles. The molecule has 22 heavy (non-hydrogen) atoms. The molecule has 0 spiro atoms. The van der Waals surface area contributed by atoms with Gasteiger partial charge in [-0.2, -0.15) is 0 Å². The largest absolute Gasteiger partial charge is 0.325 e. The van der Waals surface area contributed by atoms with Crippen molar-refractivity contribution in [2.24, 2.45) is 0 Å². The van der Waals surface area contributed by atoms with Crippen molar-refractivity contribution in [1.29, 1.82) is 0 Å². The second kappa shape index (κ2) is 7.79. The van der Waals surface area contributed by atoms with Crippen LogP contribution in [0.5, 0.6) is 0 Å². The van der Waals surface area contributed by atoms with Crippen LogP contribution in [0.4, 0.5) is 5.69 Å². The van der Waals surface area contributed by atoms with Gasteiger partial charge >= 0.3 is 0 Å². The molecule has 6 heteroatoms. The van der Waals surface area contributed by atoms with Gasteiger partial charge in [0.05, 0.1) is 5.75 Å². The first-order valence-corrected chi connectivity index (χ1v) is 8.15. The number of carbonyl (C=O) groups is 1. The number of hydrogen-bond acceptors (Lipinski definition) is 4. The molecule has 1 heterocycles. The minimum atomic E-state index is -0.224. The van der Waals surface area contributed by atoms with Crippen LogP contribution in [0, 0.1) is 0 Å². The van der Waals surface area contributed by atoms with Gasteiger partial charge in [0.15, 0.2) is 5.16 Å². The van der Waals surface area contributed by atoms with Gasteiger partial charge in [-0.15, -0.1) is 0 Å². The van der Waals surface area contributed by atoms with Crippen molar-refractivity contribution in [2.75, 3.05) is 11.1 Å². The van der Waals surface area contributed by atoms with Crippen molar-refractivity contribution in [2.45, 2.75) is 31.3 Å². The second-order valence-corrected chi connectivity index (χ2v) is 5.97. The first kappa shape index (κ1) is 16.3. The molecule has 0 unspecified atom stereocenters. The van der Waals surface area contributed by atoms with Crippen LogP contribution in [0.2, 0.25) is 0 Å². The van der Waals surface area contributed by atoms with Crippen LogP contribution in [0.15, 0.2) is 46.5 Å². The van der Waals surface area contributed by atoms with E-state index in [0.717, 1.165) is 12.1 Å². The van der Waals surface area contributed by atoms with E-state index in [1.54, 1.807) is 0 Å². The Hall–Kier alpha value is -2.08. The van der Waals surface area contributed by atoms with E-state index in [2.05, 4.69) is 29.1 Å². The molecule has 0 aliphatic heterocycles. The zero-order chi connectivity index (χ0) is 15.9. The maximum absolute atomic E-state index is 11.9. The van der Waals surface area contributed by atoms with Crippen molar-refractivity contribution in [3.8, 4) is 0 Å². The average Bonchev–Trinajstić information content (AvgIpc) is 2.53. The van der Waals surface area contributed by atoms with E-state index in [9.17, 15) is 9.59 Å². The number of amides is 1. The summed E-state index contributed by atoms with van der Waals surface area (Å²) >= 11 is 1.19. The summed E-state index contributed by atoms with van der Waals surface area (Å²) in [5.41, 5.74) is 1.81. The van der Waals surface area contributed by atoms with Crippen LogP contribution in [0.3, 0.4) is 0 Å². The van der Waals surface area contributed by atoms with Crippen molar-refractivity contribution in [3.63, 3.8) is 0 Å². The third kappa shape index (κ3) is 4.73. The Morgan fingerprint density at radius 2 is 2.05 bits per heavy atom. The summed E-state index contributed by atoms with van der Waals surface area (Å²) in [6.45, 7) is 4.33. The highest BCUT2D eigenvalue weighted by Crippen LogP contribution is 2.20. The highest BCUT2D eigenvalue weighted by molar-refractivity contribution is 7.99. The monoisotopic (exact) mass is 317 g/mol. The maximum atomic E-state index is 11.9. The number of aromatic amines is 1. The van der Waals surface area contributed by atoms with Gasteiger partial charge in [-0.3, -0.25) is 9.59 Å². The molecule has 116 valence electrons. The molecule has 1 atom stereocenters. The third-order valence-electron chi connectivity index (χ3n) is 3.36. The van der Waals surface area contributed by atoms with Crippen LogP contribution in [0.1, 0.15) is 31.7 Å². The molecule has 0 saturated heterocycles. The van der Waals surface area contributed by atoms with Gasteiger partial charge in [0.1, 0.15) is 0 Å². The van der Waals surface area contributed by atoms with Crippen molar-refractivity contribution < 1.29 is 4.79 Å². The van der Waals surface area contributed by atoms with Gasteiger partial charge in [0.25, 0.3) is 5.56 Å². The summed E-state index contributed by atoms with van der Waals surface area (Å²) in [4.78, 5) is 29.6. The number of carbonyl (C=O) groups excluding carboxylic acids is 1. The lowest BCUT2D eigenvalue weighted by Crippen LogP contribution is -2.15. The van der Waals surface area contributed by atoms with E-state index in [4.69, 9.17) is 0 Å². The van der Waals surface area contributed by atoms with Crippen molar-refractivity contribution in [1.82, 2.24) is 9.97 Å². The predicted octanol–water partition coefficient (Wildman–Crippen LogP) is 3.01. The lowest BCUT2D eigenvalue weighted by atomic mass is 9.99. The van der Waals surface area contributed by atoms with Gasteiger partial charge < -0.3 is 10.3 Å². The molecule has 2 aromatic rings. The smallest absolute Gasteiger partial charge is 0.251 e. The summed E-state index contributed by atoms with van der Waals surface area (Å²) in [7, 11) is 0. The minimum Gasteiger partial charge on any atom is -0.325 e. The van der Waals surface area contributed by atoms with Crippen molar-refractivity contribution in [3.05, 3.63) is 52.4 Å². The van der Waals surface area contributed by atoms with Gasteiger partial charge in [-0.1, -0.05) is 37.7 Å². The van der Waals surface area contributed by atoms with Crippen LogP contribution in [0.25, 0.3) is 0 Å². The zero-order valence-corrected chi connectivity index (χ0v) is 13.4. The molecule has 0 bridgehead atoms. The molecular weight excluding hydrogens is 298 g/mol. The molecule has 2 rings (SSSR count). The van der Waals surface area contributed by atoms with E-state index >= 15 is 0 Å². The number of rotatable bonds is 6. The molecule has 0 radical (unpaired) electrons. The Kier molecular flexibility index (Phi) is 5.77. The summed E-state index contributed by atoms with van der Waals surface area (Å²) < 4.78 is 0. The first-order valence-electron chi connectivity index (χ1n) is 7.16. The van der Waals surface area contributed by atoms with Gasteiger partial charge in [-0.25, -0.2) is 4.98 Å². The fraction of sp³-hybridized carbons (Fsp3) is 0.312. The van der Waals surface area contributed by atoms with E-state index in [-0.39, 0.29) is 17.2 Å². The van der Waals surface area contributed by atoms with Gasteiger partial charge in [-0.05, 0) is 30.0 Å². The zero-order valence-electron chi connectivity index (χ0n) is 12.6. The molecule has 0 fully saturated rings. The van der Waals surface area contributed by atoms with Gasteiger partial charge in [0.2, 0.25) is 5.91 Å². The van der Waals surface area contributed by atoms with Gasteiger partial charge in [0, 0.05) is 18.0 Å². The van der Waals surface area contributed by atoms with Crippen LogP contribution in [-0.2, 0) is 4.79 Å². The van der Waals surface area contributed by atoms with E-state index in [0.29, 0.717) is 11.1 Å². The summed E-state index contributed by atoms with van der Waals surface area (Å²) in [6.07, 6.45) is 2.51.